The van der Waals surface area contributed by atoms with Gasteiger partial charge >= 0.3 is 0 Å². The van der Waals surface area contributed by atoms with Crippen molar-refractivity contribution in [3.63, 3.8) is 0 Å². The molecule has 0 amide bonds. The fraction of sp³-hybridized carbons (Fsp3) is 0.231. The van der Waals surface area contributed by atoms with Crippen molar-refractivity contribution in [2.45, 2.75) is 12.3 Å². The summed E-state index contributed by atoms with van der Waals surface area (Å²) in [5.74, 6) is 0.493. The number of nitrogens with one attached hydrogen (secondary N) is 1. The van der Waals surface area contributed by atoms with Gasteiger partial charge in [-0.1, -0.05) is 17.7 Å². The molecular formula is C13H14ClNOS2. The first-order chi connectivity index (χ1) is 8.65. The summed E-state index contributed by atoms with van der Waals surface area (Å²) in [6.07, 6.45) is 1.68. The highest BCUT2D eigenvalue weighted by Crippen LogP contribution is 2.22. The Hall–Kier alpha value is -0.840. The van der Waals surface area contributed by atoms with Crippen molar-refractivity contribution in [3.05, 3.63) is 51.2 Å². The van der Waals surface area contributed by atoms with Gasteiger partial charge in [0, 0.05) is 44.9 Å². The molecule has 96 valence electrons. The minimum absolute atomic E-state index is 0.493. The molecule has 0 fully saturated rings. The molecule has 2 nitrogen and oxygen atoms in total. The molecule has 0 spiro atoms. The first kappa shape index (κ1) is 13.6. The van der Waals surface area contributed by atoms with E-state index in [0.29, 0.717) is 10.8 Å². The zero-order chi connectivity index (χ0) is 13.0. The van der Waals surface area contributed by atoms with Gasteiger partial charge in [-0.25, -0.2) is 0 Å². The fourth-order valence-electron chi connectivity index (χ4n) is 1.62. The van der Waals surface area contributed by atoms with Crippen LogP contribution in [0.4, 0.5) is 5.69 Å². The zero-order valence-electron chi connectivity index (χ0n) is 9.98. The molecule has 18 heavy (non-hydrogen) atoms. The minimum Gasteiger partial charge on any atom is -0.380 e. The SMILES string of the molecule is C[S@@](=O)Cc1cc(NCc2cccs2)ccc1Cl. The van der Waals surface area contributed by atoms with E-state index in [2.05, 4.69) is 16.8 Å². The summed E-state index contributed by atoms with van der Waals surface area (Å²) < 4.78 is 11.3. The Balaban J connectivity index is 2.06. The lowest BCUT2D eigenvalue weighted by atomic mass is 10.2. The average molecular weight is 300 g/mol. The van der Waals surface area contributed by atoms with Gasteiger partial charge in [0.15, 0.2) is 0 Å². The molecule has 2 rings (SSSR count). The quantitative estimate of drug-likeness (QED) is 0.907. The molecule has 0 aliphatic rings. The van der Waals surface area contributed by atoms with Gasteiger partial charge < -0.3 is 5.32 Å². The normalized spacial score (nSPS) is 12.3. The van der Waals surface area contributed by atoms with Gasteiger partial charge in [-0.15, -0.1) is 11.3 Å². The standard InChI is InChI=1S/C13H14ClNOS2/c1-18(16)9-10-7-11(4-5-13(10)14)15-8-12-3-2-6-17-12/h2-7,15H,8-9H2,1H3/t18-/m1/s1. The van der Waals surface area contributed by atoms with Crippen LogP contribution in [0, 0.1) is 0 Å². The monoisotopic (exact) mass is 299 g/mol. The molecule has 0 radical (unpaired) electrons. The van der Waals surface area contributed by atoms with Crippen LogP contribution >= 0.6 is 22.9 Å². The number of rotatable bonds is 5. The summed E-state index contributed by atoms with van der Waals surface area (Å²) >= 11 is 7.80. The summed E-state index contributed by atoms with van der Waals surface area (Å²) in [7, 11) is -0.879. The van der Waals surface area contributed by atoms with Crippen molar-refractivity contribution in [1.29, 1.82) is 0 Å². The number of hydrogen-bond donors (Lipinski definition) is 1. The minimum atomic E-state index is -0.879. The molecule has 1 aromatic heterocycles. The number of halogens is 1. The smallest absolute Gasteiger partial charge is 0.0498 e. The van der Waals surface area contributed by atoms with E-state index in [4.69, 9.17) is 11.6 Å². The first-order valence-electron chi connectivity index (χ1n) is 5.50. The van der Waals surface area contributed by atoms with Crippen LogP contribution in [0.3, 0.4) is 0 Å². The highest BCUT2D eigenvalue weighted by molar-refractivity contribution is 7.83. The van der Waals surface area contributed by atoms with Gasteiger partial charge in [-0.05, 0) is 35.2 Å². The van der Waals surface area contributed by atoms with Crippen molar-refractivity contribution >= 4 is 39.4 Å². The molecule has 2 aromatic rings. The Labute approximate surface area is 118 Å². The van der Waals surface area contributed by atoms with Crippen LogP contribution in [0.15, 0.2) is 35.7 Å². The Kier molecular flexibility index (Phi) is 4.80. The lowest BCUT2D eigenvalue weighted by Crippen LogP contribution is -1.99. The van der Waals surface area contributed by atoms with Crippen LogP contribution in [0.2, 0.25) is 5.02 Å². The topological polar surface area (TPSA) is 29.1 Å². The van der Waals surface area contributed by atoms with Gasteiger partial charge in [0.05, 0.1) is 0 Å². The van der Waals surface area contributed by atoms with Crippen LogP contribution in [0.5, 0.6) is 0 Å². The van der Waals surface area contributed by atoms with Crippen molar-refractivity contribution in [3.8, 4) is 0 Å². The van der Waals surface area contributed by atoms with E-state index in [9.17, 15) is 4.21 Å². The highest BCUT2D eigenvalue weighted by Gasteiger charge is 2.04. The number of benzene rings is 1. The Morgan fingerprint density at radius 3 is 2.89 bits per heavy atom. The Bertz CT molecular complexity index is 540. The molecular weight excluding hydrogens is 286 g/mol. The van der Waals surface area contributed by atoms with Gasteiger partial charge in [-0.2, -0.15) is 0 Å². The molecule has 0 aliphatic carbocycles. The molecule has 1 aromatic carbocycles. The number of thiophene rings is 1. The zero-order valence-corrected chi connectivity index (χ0v) is 12.4. The van der Waals surface area contributed by atoms with E-state index in [1.54, 1.807) is 17.6 Å². The predicted octanol–water partition coefficient (Wildman–Crippen LogP) is 3.89. The Morgan fingerprint density at radius 2 is 2.22 bits per heavy atom. The maximum atomic E-state index is 11.3. The van der Waals surface area contributed by atoms with Crippen LogP contribution in [-0.2, 0) is 23.1 Å². The molecule has 1 heterocycles. The summed E-state index contributed by atoms with van der Waals surface area (Å²) in [4.78, 5) is 1.28. The van der Waals surface area contributed by atoms with E-state index < -0.39 is 10.8 Å². The van der Waals surface area contributed by atoms with Gasteiger partial charge in [0.2, 0.25) is 0 Å². The largest absolute Gasteiger partial charge is 0.380 e. The van der Waals surface area contributed by atoms with Crippen molar-refractivity contribution < 1.29 is 4.21 Å². The van der Waals surface area contributed by atoms with E-state index in [0.717, 1.165) is 17.8 Å². The van der Waals surface area contributed by atoms with E-state index >= 15 is 0 Å². The Morgan fingerprint density at radius 1 is 1.39 bits per heavy atom. The summed E-state index contributed by atoms with van der Waals surface area (Å²) in [6, 6.07) is 9.89. The third-order valence-electron chi connectivity index (χ3n) is 2.45. The molecule has 1 atom stereocenters. The van der Waals surface area contributed by atoms with E-state index in [1.165, 1.54) is 4.88 Å². The van der Waals surface area contributed by atoms with Crippen molar-refractivity contribution in [2.24, 2.45) is 0 Å². The second-order valence-electron chi connectivity index (χ2n) is 3.96. The summed E-state index contributed by atoms with van der Waals surface area (Å²) in [5, 5.41) is 6.07. The maximum absolute atomic E-state index is 11.3. The molecule has 1 N–H and O–H groups in total. The van der Waals surface area contributed by atoms with E-state index in [-0.39, 0.29) is 0 Å². The lowest BCUT2D eigenvalue weighted by molar-refractivity contribution is 0.686. The molecule has 0 saturated heterocycles. The molecule has 0 aliphatic heterocycles. The van der Waals surface area contributed by atoms with Crippen LogP contribution in [0.25, 0.3) is 0 Å². The number of hydrogen-bond acceptors (Lipinski definition) is 3. The highest BCUT2D eigenvalue weighted by atomic mass is 35.5. The van der Waals surface area contributed by atoms with Crippen molar-refractivity contribution in [1.82, 2.24) is 0 Å². The lowest BCUT2D eigenvalue weighted by Gasteiger charge is -2.08. The maximum Gasteiger partial charge on any atom is 0.0498 e. The molecule has 0 unspecified atom stereocenters. The van der Waals surface area contributed by atoms with E-state index in [1.807, 2.05) is 24.3 Å². The van der Waals surface area contributed by atoms with Gasteiger partial charge in [0.25, 0.3) is 0 Å². The second kappa shape index (κ2) is 6.36. The van der Waals surface area contributed by atoms with Crippen LogP contribution in [0.1, 0.15) is 10.4 Å². The third kappa shape index (κ3) is 3.83. The van der Waals surface area contributed by atoms with Crippen molar-refractivity contribution in [2.75, 3.05) is 11.6 Å². The summed E-state index contributed by atoms with van der Waals surface area (Å²) in [6.45, 7) is 0.800. The second-order valence-corrected chi connectivity index (χ2v) is 6.83. The first-order valence-corrected chi connectivity index (χ1v) is 8.48. The predicted molar refractivity (Wildman–Crippen MR) is 80.9 cm³/mol. The molecule has 0 saturated carbocycles. The average Bonchev–Trinajstić information content (AvgIpc) is 2.82. The third-order valence-corrected chi connectivity index (χ3v) is 4.41. The summed E-state index contributed by atoms with van der Waals surface area (Å²) in [5.41, 5.74) is 1.93. The van der Waals surface area contributed by atoms with Gasteiger partial charge in [-0.3, -0.25) is 4.21 Å². The number of anilines is 1. The fourth-order valence-corrected chi connectivity index (χ4v) is 3.20. The molecule has 5 heteroatoms. The van der Waals surface area contributed by atoms with Crippen LogP contribution in [-0.4, -0.2) is 10.5 Å². The van der Waals surface area contributed by atoms with Gasteiger partial charge in [0.1, 0.15) is 0 Å². The molecule has 0 bridgehead atoms. The van der Waals surface area contributed by atoms with Crippen LogP contribution < -0.4 is 5.32 Å².